The van der Waals surface area contributed by atoms with Crippen LogP contribution in [-0.4, -0.2) is 20.7 Å². The number of hydrogen-bond donors (Lipinski definition) is 2. The van der Waals surface area contributed by atoms with Crippen LogP contribution in [0.5, 0.6) is 0 Å². The molecule has 0 aromatic carbocycles. The van der Waals surface area contributed by atoms with Crippen molar-refractivity contribution in [2.45, 2.75) is 20.4 Å². The summed E-state index contributed by atoms with van der Waals surface area (Å²) in [6, 6.07) is 12.0. The normalized spacial score (nSPS) is 11.2. The minimum Gasteiger partial charge on any atom is -0.366 e. The van der Waals surface area contributed by atoms with E-state index in [0.717, 1.165) is 37.7 Å². The maximum Gasteiger partial charge on any atom is 0.175 e. The number of aromatic amines is 1. The van der Waals surface area contributed by atoms with Gasteiger partial charge in [-0.3, -0.25) is 9.78 Å². The summed E-state index contributed by atoms with van der Waals surface area (Å²) in [6.45, 7) is 4.53. The Bertz CT molecular complexity index is 1080. The SMILES string of the molecule is CC(C)C(=O)c1ccc(-c2cc(NCc3ccncc3)nc3[nH]ccc23)s1. The fraction of sp³-hybridized carbons (Fsp3) is 0.190. The number of carbonyl (C=O) groups is 1. The Morgan fingerprint density at radius 1 is 1.19 bits per heavy atom. The summed E-state index contributed by atoms with van der Waals surface area (Å²) in [4.78, 5) is 26.1. The maximum absolute atomic E-state index is 12.3. The molecule has 0 atom stereocenters. The summed E-state index contributed by atoms with van der Waals surface area (Å²) < 4.78 is 0. The highest BCUT2D eigenvalue weighted by molar-refractivity contribution is 7.17. The number of carbonyl (C=O) groups excluding carboxylic acids is 1. The van der Waals surface area contributed by atoms with Crippen molar-refractivity contribution >= 4 is 34.0 Å². The zero-order valence-electron chi connectivity index (χ0n) is 15.2. The van der Waals surface area contributed by atoms with Crippen LogP contribution in [0, 0.1) is 5.92 Å². The van der Waals surface area contributed by atoms with E-state index in [1.807, 2.05) is 56.4 Å². The number of H-pyrrole nitrogens is 1. The molecule has 4 rings (SSSR count). The molecule has 4 heterocycles. The minimum absolute atomic E-state index is 0.00110. The third kappa shape index (κ3) is 3.61. The monoisotopic (exact) mass is 376 g/mol. The van der Waals surface area contributed by atoms with Crippen molar-refractivity contribution in [3.63, 3.8) is 0 Å². The summed E-state index contributed by atoms with van der Waals surface area (Å²) in [5, 5.41) is 4.43. The van der Waals surface area contributed by atoms with Gasteiger partial charge in [0.05, 0.1) is 4.88 Å². The number of aromatic nitrogens is 3. The summed E-state index contributed by atoms with van der Waals surface area (Å²) in [5.41, 5.74) is 3.04. The van der Waals surface area contributed by atoms with Gasteiger partial charge in [0.2, 0.25) is 0 Å². The third-order valence-electron chi connectivity index (χ3n) is 4.39. The molecule has 136 valence electrons. The molecule has 0 aliphatic carbocycles. The molecule has 0 bridgehead atoms. The van der Waals surface area contributed by atoms with Crippen LogP contribution in [0.4, 0.5) is 5.82 Å². The number of fused-ring (bicyclic) bond motifs is 1. The standard InChI is InChI=1S/C21H20N4OS/c1-13(2)20(26)18-4-3-17(27-18)16-11-19(25-21-15(16)7-10-23-21)24-12-14-5-8-22-9-6-14/h3-11,13H,12H2,1-2H3,(H2,23,24,25). The van der Waals surface area contributed by atoms with Crippen LogP contribution >= 0.6 is 11.3 Å². The molecule has 6 heteroatoms. The second-order valence-electron chi connectivity index (χ2n) is 6.69. The Hall–Kier alpha value is -2.99. The molecule has 2 N–H and O–H groups in total. The molecule has 0 radical (unpaired) electrons. The fourth-order valence-corrected chi connectivity index (χ4v) is 4.05. The van der Waals surface area contributed by atoms with E-state index in [9.17, 15) is 4.79 Å². The van der Waals surface area contributed by atoms with Crippen LogP contribution < -0.4 is 5.32 Å². The molecular formula is C21H20N4OS. The topological polar surface area (TPSA) is 70.7 Å². The number of thiophene rings is 1. The van der Waals surface area contributed by atoms with Crippen molar-refractivity contribution in [2.24, 2.45) is 5.92 Å². The fourth-order valence-electron chi connectivity index (χ4n) is 2.92. The third-order valence-corrected chi connectivity index (χ3v) is 5.52. The molecule has 27 heavy (non-hydrogen) atoms. The van der Waals surface area contributed by atoms with Crippen molar-refractivity contribution < 1.29 is 4.79 Å². The van der Waals surface area contributed by atoms with E-state index in [4.69, 9.17) is 0 Å². The summed E-state index contributed by atoms with van der Waals surface area (Å²) in [6.07, 6.45) is 5.45. The Balaban J connectivity index is 1.68. The maximum atomic E-state index is 12.3. The van der Waals surface area contributed by atoms with Crippen LogP contribution in [0.3, 0.4) is 0 Å². The Labute approximate surface area is 161 Å². The van der Waals surface area contributed by atoms with E-state index in [0.29, 0.717) is 6.54 Å². The summed E-state index contributed by atoms with van der Waals surface area (Å²) in [7, 11) is 0. The summed E-state index contributed by atoms with van der Waals surface area (Å²) in [5.74, 6) is 0.974. The number of nitrogens with one attached hydrogen (secondary N) is 2. The molecule has 0 aliphatic heterocycles. The molecule has 0 aliphatic rings. The molecule has 4 aromatic heterocycles. The lowest BCUT2D eigenvalue weighted by Gasteiger charge is -2.08. The van der Waals surface area contributed by atoms with E-state index in [1.54, 1.807) is 12.4 Å². The van der Waals surface area contributed by atoms with E-state index in [2.05, 4.69) is 20.3 Å². The van der Waals surface area contributed by atoms with Crippen molar-refractivity contribution in [1.29, 1.82) is 0 Å². The second kappa shape index (κ2) is 7.32. The lowest BCUT2D eigenvalue weighted by Crippen LogP contribution is -2.04. The van der Waals surface area contributed by atoms with E-state index >= 15 is 0 Å². The molecule has 0 unspecified atom stereocenters. The molecule has 0 saturated heterocycles. The van der Waals surface area contributed by atoms with Gasteiger partial charge in [-0.15, -0.1) is 11.3 Å². The van der Waals surface area contributed by atoms with Gasteiger partial charge in [-0.25, -0.2) is 4.98 Å². The highest BCUT2D eigenvalue weighted by Crippen LogP contribution is 2.35. The zero-order chi connectivity index (χ0) is 18.8. The average molecular weight is 376 g/mol. The van der Waals surface area contributed by atoms with Gasteiger partial charge in [-0.1, -0.05) is 13.8 Å². The molecule has 5 nitrogen and oxygen atoms in total. The lowest BCUT2D eigenvalue weighted by molar-refractivity contribution is 0.0943. The Morgan fingerprint density at radius 2 is 2.00 bits per heavy atom. The first-order chi connectivity index (χ1) is 13.1. The highest BCUT2D eigenvalue weighted by Gasteiger charge is 2.16. The largest absolute Gasteiger partial charge is 0.366 e. The van der Waals surface area contributed by atoms with E-state index in [1.165, 1.54) is 11.3 Å². The zero-order valence-corrected chi connectivity index (χ0v) is 16.0. The smallest absolute Gasteiger partial charge is 0.175 e. The van der Waals surface area contributed by atoms with Gasteiger partial charge < -0.3 is 10.3 Å². The number of nitrogens with zero attached hydrogens (tertiary/aromatic N) is 2. The Morgan fingerprint density at radius 3 is 2.78 bits per heavy atom. The first-order valence-corrected chi connectivity index (χ1v) is 9.69. The van der Waals surface area contributed by atoms with E-state index in [-0.39, 0.29) is 11.7 Å². The number of anilines is 1. The number of hydrogen-bond acceptors (Lipinski definition) is 5. The number of rotatable bonds is 6. The van der Waals surface area contributed by atoms with Gasteiger partial charge in [0.25, 0.3) is 0 Å². The minimum atomic E-state index is -0.00110. The van der Waals surface area contributed by atoms with E-state index < -0.39 is 0 Å². The van der Waals surface area contributed by atoms with Crippen molar-refractivity contribution in [3.8, 4) is 10.4 Å². The van der Waals surface area contributed by atoms with Crippen LogP contribution in [0.25, 0.3) is 21.5 Å². The molecule has 0 amide bonds. The molecule has 0 saturated carbocycles. The van der Waals surface area contributed by atoms with Gasteiger partial charge in [-0.05, 0) is 42.0 Å². The quantitative estimate of drug-likeness (QED) is 0.457. The molecular weight excluding hydrogens is 356 g/mol. The predicted octanol–water partition coefficient (Wildman–Crippen LogP) is 5.14. The van der Waals surface area contributed by atoms with Gasteiger partial charge in [0, 0.05) is 46.9 Å². The van der Waals surface area contributed by atoms with Gasteiger partial charge in [0.1, 0.15) is 11.5 Å². The second-order valence-corrected chi connectivity index (χ2v) is 7.77. The summed E-state index contributed by atoms with van der Waals surface area (Å²) >= 11 is 1.54. The van der Waals surface area contributed by atoms with Crippen LogP contribution in [0.1, 0.15) is 29.1 Å². The first kappa shape index (κ1) is 17.4. The van der Waals surface area contributed by atoms with Crippen molar-refractivity contribution in [2.75, 3.05) is 5.32 Å². The van der Waals surface area contributed by atoms with Crippen LogP contribution in [0.15, 0.2) is 55.0 Å². The number of Topliss-reactive ketones (excluding diaryl/α,β-unsaturated/α-hetero) is 1. The number of ketones is 1. The molecule has 0 spiro atoms. The highest BCUT2D eigenvalue weighted by atomic mass is 32.1. The molecule has 0 fully saturated rings. The van der Waals surface area contributed by atoms with Gasteiger partial charge in [-0.2, -0.15) is 0 Å². The Kier molecular flexibility index (Phi) is 4.73. The van der Waals surface area contributed by atoms with Crippen LogP contribution in [-0.2, 0) is 6.54 Å². The molecule has 4 aromatic rings. The number of pyridine rings is 2. The van der Waals surface area contributed by atoms with Gasteiger partial charge >= 0.3 is 0 Å². The van der Waals surface area contributed by atoms with Gasteiger partial charge in [0.15, 0.2) is 5.78 Å². The van der Waals surface area contributed by atoms with Crippen molar-refractivity contribution in [3.05, 3.63) is 65.4 Å². The first-order valence-electron chi connectivity index (χ1n) is 8.87. The van der Waals surface area contributed by atoms with Crippen molar-refractivity contribution in [1.82, 2.24) is 15.0 Å². The average Bonchev–Trinajstić information content (AvgIpc) is 3.35. The lowest BCUT2D eigenvalue weighted by atomic mass is 10.1. The van der Waals surface area contributed by atoms with Crippen LogP contribution in [0.2, 0.25) is 0 Å². The predicted molar refractivity (Wildman–Crippen MR) is 110 cm³/mol.